The zero-order valence-corrected chi connectivity index (χ0v) is 20.6. The predicted octanol–water partition coefficient (Wildman–Crippen LogP) is 2.61. The third-order valence-corrected chi connectivity index (χ3v) is 6.84. The number of benzene rings is 1. The van der Waals surface area contributed by atoms with Crippen molar-refractivity contribution >= 4 is 29.3 Å². The van der Waals surface area contributed by atoms with Crippen molar-refractivity contribution in [1.82, 2.24) is 15.2 Å². The SMILES string of the molecule is COC(=O)Nc1cc(C(=O)NC2CCC(N)CC2)ccc1N1CCCN(C(=O)c2ccncc2)CC1. The van der Waals surface area contributed by atoms with Gasteiger partial charge in [-0.3, -0.25) is 19.9 Å². The number of pyridine rings is 1. The number of aromatic nitrogens is 1. The quantitative estimate of drug-likeness (QED) is 0.582. The van der Waals surface area contributed by atoms with E-state index in [0.29, 0.717) is 43.0 Å². The summed E-state index contributed by atoms with van der Waals surface area (Å²) >= 11 is 0. The van der Waals surface area contributed by atoms with E-state index in [4.69, 9.17) is 10.5 Å². The summed E-state index contributed by atoms with van der Waals surface area (Å²) in [4.78, 5) is 45.9. The molecule has 36 heavy (non-hydrogen) atoms. The van der Waals surface area contributed by atoms with E-state index in [2.05, 4.69) is 20.5 Å². The van der Waals surface area contributed by atoms with Crippen LogP contribution in [0.4, 0.5) is 16.2 Å². The van der Waals surface area contributed by atoms with Crippen molar-refractivity contribution in [2.45, 2.75) is 44.2 Å². The van der Waals surface area contributed by atoms with Crippen LogP contribution in [0.3, 0.4) is 0 Å². The van der Waals surface area contributed by atoms with Gasteiger partial charge in [0, 0.05) is 61.8 Å². The van der Waals surface area contributed by atoms with Gasteiger partial charge in [-0.2, -0.15) is 0 Å². The van der Waals surface area contributed by atoms with E-state index in [1.807, 2.05) is 11.0 Å². The van der Waals surface area contributed by atoms with Gasteiger partial charge in [0.15, 0.2) is 0 Å². The van der Waals surface area contributed by atoms with Crippen LogP contribution in [-0.4, -0.2) is 73.2 Å². The third kappa shape index (κ3) is 6.31. The van der Waals surface area contributed by atoms with Crippen molar-refractivity contribution in [3.05, 3.63) is 53.9 Å². The van der Waals surface area contributed by atoms with Gasteiger partial charge < -0.3 is 25.6 Å². The minimum atomic E-state index is -0.612. The van der Waals surface area contributed by atoms with Crippen LogP contribution in [-0.2, 0) is 4.74 Å². The Kier molecular flexibility index (Phi) is 8.37. The minimum absolute atomic E-state index is 0.0251. The van der Waals surface area contributed by atoms with Crippen LogP contribution in [0.15, 0.2) is 42.7 Å². The molecule has 2 aromatic rings. The molecule has 2 aliphatic rings. The molecule has 1 saturated heterocycles. The first-order valence-corrected chi connectivity index (χ1v) is 12.4. The predicted molar refractivity (Wildman–Crippen MR) is 137 cm³/mol. The molecule has 4 rings (SSSR count). The van der Waals surface area contributed by atoms with E-state index in [0.717, 1.165) is 37.8 Å². The highest BCUT2D eigenvalue weighted by atomic mass is 16.5. The van der Waals surface area contributed by atoms with Crippen LogP contribution in [0.5, 0.6) is 0 Å². The van der Waals surface area contributed by atoms with Crippen LogP contribution in [0.25, 0.3) is 0 Å². The summed E-state index contributed by atoms with van der Waals surface area (Å²) < 4.78 is 4.81. The lowest BCUT2D eigenvalue weighted by molar-refractivity contribution is 0.0766. The fourth-order valence-corrected chi connectivity index (χ4v) is 4.78. The van der Waals surface area contributed by atoms with Crippen LogP contribution in [0.2, 0.25) is 0 Å². The molecule has 0 spiro atoms. The number of methoxy groups -OCH3 is 1. The standard InChI is InChI=1S/C26H34N6O4/c1-36-26(35)30-22-17-19(24(33)29-21-6-4-20(27)5-7-21)3-8-23(22)31-13-2-14-32(16-15-31)25(34)18-9-11-28-12-10-18/h3,8-12,17,20-21H,2,4-7,13-16,27H2,1H3,(H,29,33)(H,30,35). The molecule has 0 unspecified atom stereocenters. The zero-order valence-electron chi connectivity index (χ0n) is 20.6. The second-order valence-electron chi connectivity index (χ2n) is 9.30. The molecule has 4 N–H and O–H groups in total. The van der Waals surface area contributed by atoms with E-state index in [-0.39, 0.29) is 23.9 Å². The van der Waals surface area contributed by atoms with Gasteiger partial charge >= 0.3 is 6.09 Å². The Labute approximate surface area is 211 Å². The summed E-state index contributed by atoms with van der Waals surface area (Å²) in [6.07, 6.45) is 6.90. The van der Waals surface area contributed by atoms with Crippen molar-refractivity contribution in [3.8, 4) is 0 Å². The molecule has 192 valence electrons. The van der Waals surface area contributed by atoms with E-state index >= 15 is 0 Å². The summed E-state index contributed by atoms with van der Waals surface area (Å²) in [6, 6.07) is 9.04. The van der Waals surface area contributed by atoms with Crippen molar-refractivity contribution in [2.24, 2.45) is 5.73 Å². The molecule has 1 aliphatic carbocycles. The minimum Gasteiger partial charge on any atom is -0.453 e. The molecule has 1 saturated carbocycles. The molecule has 3 amide bonds. The van der Waals surface area contributed by atoms with Crippen LogP contribution in [0, 0.1) is 0 Å². The Morgan fingerprint density at radius 2 is 1.72 bits per heavy atom. The average Bonchev–Trinajstić information content (AvgIpc) is 3.16. The van der Waals surface area contributed by atoms with Gasteiger partial charge in [0.1, 0.15) is 0 Å². The molecule has 0 bridgehead atoms. The number of hydrogen-bond donors (Lipinski definition) is 3. The zero-order chi connectivity index (χ0) is 25.5. The van der Waals surface area contributed by atoms with Gasteiger partial charge in [-0.1, -0.05) is 0 Å². The number of anilines is 2. The van der Waals surface area contributed by atoms with Crippen LogP contribution < -0.4 is 21.3 Å². The lowest BCUT2D eigenvalue weighted by atomic mass is 9.91. The Balaban J connectivity index is 1.48. The summed E-state index contributed by atoms with van der Waals surface area (Å²) in [7, 11) is 1.30. The Morgan fingerprint density at radius 1 is 0.972 bits per heavy atom. The third-order valence-electron chi connectivity index (χ3n) is 6.84. The van der Waals surface area contributed by atoms with Crippen molar-refractivity contribution in [1.29, 1.82) is 0 Å². The molecule has 2 heterocycles. The lowest BCUT2D eigenvalue weighted by Crippen LogP contribution is -2.40. The van der Waals surface area contributed by atoms with Gasteiger partial charge in [-0.25, -0.2) is 4.79 Å². The lowest BCUT2D eigenvalue weighted by Gasteiger charge is -2.28. The van der Waals surface area contributed by atoms with Crippen LogP contribution >= 0.6 is 0 Å². The first-order chi connectivity index (χ1) is 17.4. The van der Waals surface area contributed by atoms with Gasteiger partial charge in [0.25, 0.3) is 11.8 Å². The number of hydrogen-bond acceptors (Lipinski definition) is 7. The Morgan fingerprint density at radius 3 is 2.44 bits per heavy atom. The van der Waals surface area contributed by atoms with Crippen LogP contribution in [0.1, 0.15) is 52.8 Å². The molecular weight excluding hydrogens is 460 g/mol. The topological polar surface area (TPSA) is 130 Å². The number of amides is 3. The molecule has 0 radical (unpaired) electrons. The van der Waals surface area contributed by atoms with Gasteiger partial charge in [-0.15, -0.1) is 0 Å². The summed E-state index contributed by atoms with van der Waals surface area (Å²) in [5, 5.41) is 5.85. The van der Waals surface area contributed by atoms with Crippen molar-refractivity contribution < 1.29 is 19.1 Å². The highest BCUT2D eigenvalue weighted by Crippen LogP contribution is 2.29. The summed E-state index contributed by atoms with van der Waals surface area (Å²) in [5.41, 5.74) is 8.32. The van der Waals surface area contributed by atoms with Crippen molar-refractivity contribution in [3.63, 3.8) is 0 Å². The monoisotopic (exact) mass is 494 g/mol. The Bertz CT molecular complexity index is 1070. The highest BCUT2D eigenvalue weighted by Gasteiger charge is 2.24. The smallest absolute Gasteiger partial charge is 0.411 e. The number of nitrogens with zero attached hydrogens (tertiary/aromatic N) is 3. The number of ether oxygens (including phenoxy) is 1. The molecule has 0 atom stereocenters. The maximum Gasteiger partial charge on any atom is 0.411 e. The van der Waals surface area contributed by atoms with E-state index in [1.54, 1.807) is 36.7 Å². The van der Waals surface area contributed by atoms with Gasteiger partial charge in [0.05, 0.1) is 18.5 Å². The highest BCUT2D eigenvalue weighted by molar-refractivity contribution is 5.99. The first-order valence-electron chi connectivity index (χ1n) is 12.4. The largest absolute Gasteiger partial charge is 0.453 e. The fourth-order valence-electron chi connectivity index (χ4n) is 4.78. The molecule has 1 aromatic carbocycles. The second kappa shape index (κ2) is 11.9. The number of carbonyl (C=O) groups is 3. The van der Waals surface area contributed by atoms with Crippen molar-refractivity contribution in [2.75, 3.05) is 43.5 Å². The number of rotatable bonds is 5. The number of nitrogens with one attached hydrogen (secondary N) is 2. The summed E-state index contributed by atoms with van der Waals surface area (Å²) in [6.45, 7) is 2.44. The van der Waals surface area contributed by atoms with Gasteiger partial charge in [-0.05, 0) is 62.4 Å². The van der Waals surface area contributed by atoms with E-state index in [1.165, 1.54) is 7.11 Å². The first kappa shape index (κ1) is 25.4. The van der Waals surface area contributed by atoms with E-state index < -0.39 is 6.09 Å². The molecule has 1 aliphatic heterocycles. The average molecular weight is 495 g/mol. The second-order valence-corrected chi connectivity index (χ2v) is 9.30. The number of carbonyl (C=O) groups excluding carboxylic acids is 3. The molecule has 2 fully saturated rings. The molecule has 1 aromatic heterocycles. The summed E-state index contributed by atoms with van der Waals surface area (Å²) in [5.74, 6) is -0.206. The molecule has 10 heteroatoms. The maximum atomic E-state index is 12.9. The molecule has 10 nitrogen and oxygen atoms in total. The van der Waals surface area contributed by atoms with Gasteiger partial charge in [0.2, 0.25) is 0 Å². The fraction of sp³-hybridized carbons (Fsp3) is 0.462. The maximum absolute atomic E-state index is 12.9. The normalized spacial score (nSPS) is 20.3. The molecular formula is C26H34N6O4. The Hall–Kier alpha value is -3.66. The van der Waals surface area contributed by atoms with E-state index in [9.17, 15) is 14.4 Å². The number of nitrogens with two attached hydrogens (primary N) is 1.